The number of carboxylic acid groups (broad SMARTS) is 1. The second-order valence-corrected chi connectivity index (χ2v) is 8.23. The number of fused-ring (bicyclic) bond motifs is 3. The fourth-order valence-electron chi connectivity index (χ4n) is 3.64. The molecule has 3 aromatic rings. The van der Waals surface area contributed by atoms with Crippen molar-refractivity contribution < 1.29 is 19.4 Å². The van der Waals surface area contributed by atoms with Crippen LogP contribution in [-0.4, -0.2) is 29.8 Å². The number of rotatable bonds is 6. The molecule has 1 atom stereocenters. The van der Waals surface area contributed by atoms with Crippen LogP contribution in [0.25, 0.3) is 11.1 Å². The van der Waals surface area contributed by atoms with Gasteiger partial charge in [0.2, 0.25) is 0 Å². The quantitative estimate of drug-likeness (QED) is 0.584. The molecule has 2 N–H and O–H groups in total. The third-order valence-corrected chi connectivity index (χ3v) is 6.27. The zero-order valence-corrected chi connectivity index (χ0v) is 16.9. The normalized spacial score (nSPS) is 13.4. The standard InChI is InChI=1S/C22H18ClNO4S/c23-13-9-14(29-12-13)10-20(21(25)26)24-22(27)28-11-19-17-7-3-1-5-15(17)16-6-2-4-8-18(16)19/h1-9,12,19-20H,10-11H2,(H,24,27)(H,25,26)/t20-/m0/s1. The van der Waals surface area contributed by atoms with E-state index in [9.17, 15) is 14.7 Å². The predicted molar refractivity (Wildman–Crippen MR) is 113 cm³/mol. The first-order valence-corrected chi connectivity index (χ1v) is 10.4. The molecule has 5 nitrogen and oxygen atoms in total. The Bertz CT molecular complexity index is 1020. The summed E-state index contributed by atoms with van der Waals surface area (Å²) in [5.74, 6) is -1.20. The van der Waals surface area contributed by atoms with E-state index < -0.39 is 18.1 Å². The Morgan fingerprint density at radius 1 is 1.10 bits per heavy atom. The molecular weight excluding hydrogens is 410 g/mol. The summed E-state index contributed by atoms with van der Waals surface area (Å²) >= 11 is 7.24. The monoisotopic (exact) mass is 427 g/mol. The van der Waals surface area contributed by atoms with Crippen LogP contribution in [0, 0.1) is 0 Å². The van der Waals surface area contributed by atoms with Crippen LogP contribution >= 0.6 is 22.9 Å². The summed E-state index contributed by atoms with van der Waals surface area (Å²) in [5.41, 5.74) is 4.47. The van der Waals surface area contributed by atoms with Gasteiger partial charge in [0.05, 0.1) is 5.02 Å². The summed E-state index contributed by atoms with van der Waals surface area (Å²) in [6.07, 6.45) is -0.599. The van der Waals surface area contributed by atoms with Crippen molar-refractivity contribution in [1.29, 1.82) is 0 Å². The first kappa shape index (κ1) is 19.5. The van der Waals surface area contributed by atoms with E-state index in [1.54, 1.807) is 11.4 Å². The Labute approximate surface area is 176 Å². The van der Waals surface area contributed by atoms with Crippen LogP contribution in [0.3, 0.4) is 0 Å². The van der Waals surface area contributed by atoms with Crippen LogP contribution in [0.1, 0.15) is 21.9 Å². The second-order valence-electron chi connectivity index (χ2n) is 6.80. The summed E-state index contributed by atoms with van der Waals surface area (Å²) in [5, 5.41) is 14.2. The molecule has 0 saturated carbocycles. The zero-order chi connectivity index (χ0) is 20.4. The highest BCUT2D eigenvalue weighted by molar-refractivity contribution is 7.10. The van der Waals surface area contributed by atoms with Crippen molar-refractivity contribution in [2.45, 2.75) is 18.4 Å². The van der Waals surface area contributed by atoms with Crippen LogP contribution < -0.4 is 5.32 Å². The van der Waals surface area contributed by atoms with E-state index >= 15 is 0 Å². The lowest BCUT2D eigenvalue weighted by Crippen LogP contribution is -2.42. The molecule has 0 spiro atoms. The molecule has 4 rings (SSSR count). The van der Waals surface area contributed by atoms with Gasteiger partial charge in [0, 0.05) is 22.6 Å². The molecule has 1 aliphatic carbocycles. The molecule has 1 amide bonds. The Hall–Kier alpha value is -2.83. The van der Waals surface area contributed by atoms with Gasteiger partial charge in [-0.1, -0.05) is 60.1 Å². The Kier molecular flexibility index (Phi) is 5.56. The summed E-state index contributed by atoms with van der Waals surface area (Å²) < 4.78 is 5.43. The molecule has 1 aromatic heterocycles. The molecule has 0 fully saturated rings. The number of amides is 1. The summed E-state index contributed by atoms with van der Waals surface area (Å²) in [6.45, 7) is 0.136. The predicted octanol–water partition coefficient (Wildman–Crippen LogP) is 4.94. The highest BCUT2D eigenvalue weighted by Crippen LogP contribution is 2.44. The highest BCUT2D eigenvalue weighted by Gasteiger charge is 2.29. The number of nitrogens with one attached hydrogen (secondary N) is 1. The third kappa shape index (κ3) is 4.13. The van der Waals surface area contributed by atoms with Crippen molar-refractivity contribution in [2.75, 3.05) is 6.61 Å². The summed E-state index contributed by atoms with van der Waals surface area (Å²) in [7, 11) is 0. The van der Waals surface area contributed by atoms with Crippen LogP contribution in [0.4, 0.5) is 4.79 Å². The molecule has 0 bridgehead atoms. The molecule has 0 unspecified atom stereocenters. The molecule has 0 radical (unpaired) electrons. The first-order chi connectivity index (χ1) is 14.0. The first-order valence-electron chi connectivity index (χ1n) is 9.10. The minimum Gasteiger partial charge on any atom is -0.480 e. The van der Waals surface area contributed by atoms with Crippen molar-refractivity contribution in [2.24, 2.45) is 0 Å². The lowest BCUT2D eigenvalue weighted by molar-refractivity contribution is -0.139. The van der Waals surface area contributed by atoms with Gasteiger partial charge < -0.3 is 15.2 Å². The third-order valence-electron chi connectivity index (χ3n) is 4.96. The Balaban J connectivity index is 1.43. The van der Waals surface area contributed by atoms with Crippen molar-refractivity contribution in [3.63, 3.8) is 0 Å². The summed E-state index contributed by atoms with van der Waals surface area (Å²) in [4.78, 5) is 24.6. The number of hydrogen-bond acceptors (Lipinski definition) is 4. The number of carboxylic acids is 1. The molecule has 29 heavy (non-hydrogen) atoms. The molecule has 1 aliphatic rings. The van der Waals surface area contributed by atoms with Gasteiger partial charge in [-0.2, -0.15) is 0 Å². The van der Waals surface area contributed by atoms with Crippen molar-refractivity contribution in [3.05, 3.63) is 81.0 Å². The lowest BCUT2D eigenvalue weighted by Gasteiger charge is -2.17. The topological polar surface area (TPSA) is 75.6 Å². The average molecular weight is 428 g/mol. The minimum absolute atomic E-state index is 0.0764. The molecule has 0 saturated heterocycles. The van der Waals surface area contributed by atoms with Crippen LogP contribution in [0.15, 0.2) is 60.0 Å². The maximum absolute atomic E-state index is 12.3. The van der Waals surface area contributed by atoms with Gasteiger partial charge in [-0.05, 0) is 28.3 Å². The molecule has 0 aliphatic heterocycles. The number of halogens is 1. The fourth-order valence-corrected chi connectivity index (χ4v) is 4.76. The Morgan fingerprint density at radius 2 is 1.72 bits per heavy atom. The number of benzene rings is 2. The second kappa shape index (κ2) is 8.27. The molecule has 1 heterocycles. The molecule has 148 valence electrons. The van der Waals surface area contributed by atoms with Crippen molar-refractivity contribution in [3.8, 4) is 11.1 Å². The van der Waals surface area contributed by atoms with Crippen molar-refractivity contribution in [1.82, 2.24) is 5.32 Å². The average Bonchev–Trinajstić information content (AvgIpc) is 3.27. The number of carbonyl (C=O) groups excluding carboxylic acids is 1. The van der Waals surface area contributed by atoms with Gasteiger partial charge in [-0.15, -0.1) is 11.3 Å². The smallest absolute Gasteiger partial charge is 0.407 e. The minimum atomic E-state index is -1.12. The SMILES string of the molecule is O=C(N[C@@H](Cc1cc(Cl)cs1)C(=O)O)OCC1c2ccccc2-c2ccccc21. The van der Waals surface area contributed by atoms with E-state index in [1.807, 2.05) is 36.4 Å². The number of aliphatic carboxylic acids is 1. The molecular formula is C22H18ClNO4S. The van der Waals surface area contributed by atoms with E-state index in [0.29, 0.717) is 5.02 Å². The van der Waals surface area contributed by atoms with Gasteiger partial charge in [-0.3, -0.25) is 0 Å². The van der Waals surface area contributed by atoms with Gasteiger partial charge >= 0.3 is 12.1 Å². The number of hydrogen-bond donors (Lipinski definition) is 2. The van der Waals surface area contributed by atoms with Gasteiger partial charge in [0.1, 0.15) is 12.6 Å². The van der Waals surface area contributed by atoms with E-state index in [-0.39, 0.29) is 18.9 Å². The maximum Gasteiger partial charge on any atom is 0.407 e. The summed E-state index contributed by atoms with van der Waals surface area (Å²) in [6, 6.07) is 16.7. The van der Waals surface area contributed by atoms with E-state index in [1.165, 1.54) is 11.3 Å². The largest absolute Gasteiger partial charge is 0.480 e. The van der Waals surface area contributed by atoms with Crippen LogP contribution in [0.2, 0.25) is 5.02 Å². The lowest BCUT2D eigenvalue weighted by atomic mass is 9.98. The Morgan fingerprint density at radius 3 is 2.28 bits per heavy atom. The van der Waals surface area contributed by atoms with Gasteiger partial charge in [0.25, 0.3) is 0 Å². The fraction of sp³-hybridized carbons (Fsp3) is 0.182. The number of thiophene rings is 1. The maximum atomic E-state index is 12.3. The zero-order valence-electron chi connectivity index (χ0n) is 15.3. The van der Waals surface area contributed by atoms with Gasteiger partial charge in [0.15, 0.2) is 0 Å². The highest BCUT2D eigenvalue weighted by atomic mass is 35.5. The van der Waals surface area contributed by atoms with E-state index in [4.69, 9.17) is 16.3 Å². The van der Waals surface area contributed by atoms with E-state index in [2.05, 4.69) is 17.4 Å². The van der Waals surface area contributed by atoms with Gasteiger partial charge in [-0.25, -0.2) is 9.59 Å². The van der Waals surface area contributed by atoms with Crippen LogP contribution in [0.5, 0.6) is 0 Å². The number of ether oxygens (including phenoxy) is 1. The van der Waals surface area contributed by atoms with E-state index in [0.717, 1.165) is 27.1 Å². The number of alkyl carbamates (subject to hydrolysis) is 1. The van der Waals surface area contributed by atoms with Crippen LogP contribution in [-0.2, 0) is 16.0 Å². The molecule has 7 heteroatoms. The van der Waals surface area contributed by atoms with Crippen molar-refractivity contribution >= 4 is 35.0 Å². The number of carbonyl (C=O) groups is 2. The molecule has 2 aromatic carbocycles.